The normalized spacial score (nSPS) is 10.9. The Bertz CT molecular complexity index is 560. The van der Waals surface area contributed by atoms with Gasteiger partial charge in [0.25, 0.3) is 0 Å². The molecular formula is C17H20BrNO2. The highest BCUT2D eigenvalue weighted by Crippen LogP contribution is 2.24. The number of hydrogen-bond donors (Lipinski definition) is 1. The molecular weight excluding hydrogens is 330 g/mol. The SMILES string of the molecule is COc1ccc(Br)cc1CN(CCO)Cc1ccccc1. The molecule has 0 saturated carbocycles. The van der Waals surface area contributed by atoms with E-state index >= 15 is 0 Å². The van der Waals surface area contributed by atoms with Crippen LogP contribution in [0.5, 0.6) is 5.75 Å². The quantitative estimate of drug-likeness (QED) is 0.830. The molecule has 0 bridgehead atoms. The van der Waals surface area contributed by atoms with E-state index in [9.17, 15) is 5.11 Å². The van der Waals surface area contributed by atoms with Gasteiger partial charge in [-0.05, 0) is 23.8 Å². The fraction of sp³-hybridized carbons (Fsp3) is 0.294. The Morgan fingerprint density at radius 3 is 2.52 bits per heavy atom. The predicted molar refractivity (Wildman–Crippen MR) is 88.3 cm³/mol. The maximum atomic E-state index is 9.29. The van der Waals surface area contributed by atoms with Crippen molar-refractivity contribution in [2.75, 3.05) is 20.3 Å². The third-order valence-electron chi connectivity index (χ3n) is 3.30. The van der Waals surface area contributed by atoms with Crippen LogP contribution >= 0.6 is 15.9 Å². The molecule has 0 heterocycles. The first-order valence-electron chi connectivity index (χ1n) is 6.92. The number of rotatable bonds is 7. The van der Waals surface area contributed by atoms with E-state index in [0.29, 0.717) is 6.54 Å². The molecule has 2 aromatic carbocycles. The Labute approximate surface area is 134 Å². The summed E-state index contributed by atoms with van der Waals surface area (Å²) in [4.78, 5) is 2.21. The van der Waals surface area contributed by atoms with Crippen LogP contribution in [0.4, 0.5) is 0 Å². The average Bonchev–Trinajstić information content (AvgIpc) is 2.49. The third kappa shape index (κ3) is 4.84. The molecule has 0 aromatic heterocycles. The van der Waals surface area contributed by atoms with E-state index in [0.717, 1.165) is 28.9 Å². The first-order valence-corrected chi connectivity index (χ1v) is 7.72. The van der Waals surface area contributed by atoms with Crippen LogP contribution in [0.3, 0.4) is 0 Å². The van der Waals surface area contributed by atoms with E-state index < -0.39 is 0 Å². The summed E-state index contributed by atoms with van der Waals surface area (Å²) in [6.45, 7) is 2.31. The van der Waals surface area contributed by atoms with E-state index in [1.54, 1.807) is 7.11 Å². The summed E-state index contributed by atoms with van der Waals surface area (Å²) >= 11 is 3.50. The van der Waals surface area contributed by atoms with Crippen LogP contribution in [0.2, 0.25) is 0 Å². The van der Waals surface area contributed by atoms with Gasteiger partial charge in [0, 0.05) is 29.7 Å². The molecule has 0 atom stereocenters. The van der Waals surface area contributed by atoms with Crippen molar-refractivity contribution >= 4 is 15.9 Å². The number of aliphatic hydroxyl groups excluding tert-OH is 1. The number of halogens is 1. The number of methoxy groups -OCH3 is 1. The second-order valence-corrected chi connectivity index (χ2v) is 5.79. The van der Waals surface area contributed by atoms with Crippen molar-refractivity contribution in [1.82, 2.24) is 4.90 Å². The minimum atomic E-state index is 0.142. The van der Waals surface area contributed by atoms with Crippen molar-refractivity contribution < 1.29 is 9.84 Å². The van der Waals surface area contributed by atoms with Gasteiger partial charge in [-0.25, -0.2) is 0 Å². The largest absolute Gasteiger partial charge is 0.496 e. The Morgan fingerprint density at radius 1 is 1.10 bits per heavy atom. The lowest BCUT2D eigenvalue weighted by atomic mass is 10.1. The van der Waals surface area contributed by atoms with Gasteiger partial charge in [-0.15, -0.1) is 0 Å². The Hall–Kier alpha value is -1.36. The first-order chi connectivity index (χ1) is 10.2. The van der Waals surface area contributed by atoms with Gasteiger partial charge in [-0.1, -0.05) is 46.3 Å². The molecule has 21 heavy (non-hydrogen) atoms. The lowest BCUT2D eigenvalue weighted by molar-refractivity contribution is 0.183. The van der Waals surface area contributed by atoms with Gasteiger partial charge in [0.1, 0.15) is 5.75 Å². The predicted octanol–water partition coefficient (Wildman–Crippen LogP) is 3.45. The molecule has 0 aliphatic rings. The Kier molecular flexibility index (Phi) is 6.23. The summed E-state index contributed by atoms with van der Waals surface area (Å²) in [7, 11) is 1.68. The molecule has 0 aliphatic carbocycles. The highest BCUT2D eigenvalue weighted by Gasteiger charge is 2.11. The van der Waals surface area contributed by atoms with Crippen LogP contribution in [-0.2, 0) is 13.1 Å². The minimum Gasteiger partial charge on any atom is -0.496 e. The summed E-state index contributed by atoms with van der Waals surface area (Å²) in [5, 5.41) is 9.29. The fourth-order valence-electron chi connectivity index (χ4n) is 2.31. The van der Waals surface area contributed by atoms with Crippen LogP contribution in [0.25, 0.3) is 0 Å². The zero-order valence-electron chi connectivity index (χ0n) is 12.1. The minimum absolute atomic E-state index is 0.142. The number of benzene rings is 2. The van der Waals surface area contributed by atoms with Crippen LogP contribution in [0, 0.1) is 0 Å². The zero-order chi connectivity index (χ0) is 15.1. The van der Waals surface area contributed by atoms with Crippen molar-refractivity contribution in [3.05, 3.63) is 64.1 Å². The molecule has 0 aliphatic heterocycles. The van der Waals surface area contributed by atoms with E-state index in [1.807, 2.05) is 30.3 Å². The summed E-state index contributed by atoms with van der Waals surface area (Å²) in [6, 6.07) is 16.3. The smallest absolute Gasteiger partial charge is 0.123 e. The summed E-state index contributed by atoms with van der Waals surface area (Å²) < 4.78 is 6.45. The molecule has 4 heteroatoms. The van der Waals surface area contributed by atoms with Gasteiger partial charge in [0.15, 0.2) is 0 Å². The summed E-state index contributed by atoms with van der Waals surface area (Å²) in [6.07, 6.45) is 0. The summed E-state index contributed by atoms with van der Waals surface area (Å²) in [5.74, 6) is 0.870. The second kappa shape index (κ2) is 8.17. The monoisotopic (exact) mass is 349 g/mol. The Morgan fingerprint density at radius 2 is 1.86 bits per heavy atom. The van der Waals surface area contributed by atoms with Gasteiger partial charge in [0.05, 0.1) is 13.7 Å². The molecule has 2 rings (SSSR count). The molecule has 3 nitrogen and oxygen atoms in total. The van der Waals surface area contributed by atoms with Crippen molar-refractivity contribution in [2.24, 2.45) is 0 Å². The van der Waals surface area contributed by atoms with Crippen LogP contribution < -0.4 is 4.74 Å². The number of ether oxygens (including phenoxy) is 1. The van der Waals surface area contributed by atoms with E-state index in [2.05, 4.69) is 39.0 Å². The summed E-state index contributed by atoms with van der Waals surface area (Å²) in [5.41, 5.74) is 2.34. The molecule has 0 fully saturated rings. The highest BCUT2D eigenvalue weighted by molar-refractivity contribution is 9.10. The van der Waals surface area contributed by atoms with Crippen LogP contribution in [0.15, 0.2) is 53.0 Å². The zero-order valence-corrected chi connectivity index (χ0v) is 13.7. The lowest BCUT2D eigenvalue weighted by Crippen LogP contribution is -2.26. The maximum absolute atomic E-state index is 9.29. The second-order valence-electron chi connectivity index (χ2n) is 4.88. The van der Waals surface area contributed by atoms with Gasteiger partial charge in [0.2, 0.25) is 0 Å². The molecule has 0 radical (unpaired) electrons. The van der Waals surface area contributed by atoms with Crippen molar-refractivity contribution in [3.8, 4) is 5.75 Å². The standard InChI is InChI=1S/C17H20BrNO2/c1-21-17-8-7-16(18)11-15(17)13-19(9-10-20)12-14-5-3-2-4-6-14/h2-8,11,20H,9-10,12-13H2,1H3. The molecule has 0 saturated heterocycles. The van der Waals surface area contributed by atoms with Gasteiger partial charge in [-0.3, -0.25) is 4.90 Å². The molecule has 2 aromatic rings. The Balaban J connectivity index is 2.14. The average molecular weight is 350 g/mol. The molecule has 0 spiro atoms. The number of hydrogen-bond acceptors (Lipinski definition) is 3. The highest BCUT2D eigenvalue weighted by atomic mass is 79.9. The number of nitrogens with zero attached hydrogens (tertiary/aromatic N) is 1. The van der Waals surface area contributed by atoms with Gasteiger partial charge in [-0.2, -0.15) is 0 Å². The van der Waals surface area contributed by atoms with E-state index in [-0.39, 0.29) is 6.61 Å². The van der Waals surface area contributed by atoms with Crippen molar-refractivity contribution in [1.29, 1.82) is 0 Å². The molecule has 112 valence electrons. The van der Waals surface area contributed by atoms with Gasteiger partial charge >= 0.3 is 0 Å². The van der Waals surface area contributed by atoms with Crippen molar-refractivity contribution in [3.63, 3.8) is 0 Å². The molecule has 0 unspecified atom stereocenters. The molecule has 0 amide bonds. The molecule has 1 N–H and O–H groups in total. The van der Waals surface area contributed by atoms with E-state index in [4.69, 9.17) is 4.74 Å². The maximum Gasteiger partial charge on any atom is 0.123 e. The van der Waals surface area contributed by atoms with Crippen LogP contribution in [-0.4, -0.2) is 30.3 Å². The third-order valence-corrected chi connectivity index (χ3v) is 3.79. The first kappa shape index (κ1) is 16.0. The van der Waals surface area contributed by atoms with Crippen LogP contribution in [0.1, 0.15) is 11.1 Å². The topological polar surface area (TPSA) is 32.7 Å². The number of aliphatic hydroxyl groups is 1. The van der Waals surface area contributed by atoms with Crippen molar-refractivity contribution in [2.45, 2.75) is 13.1 Å². The van der Waals surface area contributed by atoms with Gasteiger partial charge < -0.3 is 9.84 Å². The fourth-order valence-corrected chi connectivity index (χ4v) is 2.72. The van der Waals surface area contributed by atoms with E-state index in [1.165, 1.54) is 5.56 Å². The lowest BCUT2D eigenvalue weighted by Gasteiger charge is -2.22.